The average Bonchev–Trinajstić information content (AvgIpc) is 3.13. The number of hydrogen-bond donors (Lipinski definition) is 4. The van der Waals surface area contributed by atoms with Crippen molar-refractivity contribution in [2.75, 3.05) is 6.61 Å². The standard InChI is InChI=1S/C15H24O5/c1-8-4-11(18)13(2,5-9(8)16)14(3)6-10(17)12(19)15(14)7-20-15/h4,9-12,16-19H,5-7H2,1-3H3/t9-,10-,11+,12-,13+,14-,15?/m1/s1. The van der Waals surface area contributed by atoms with Crippen LogP contribution >= 0.6 is 0 Å². The molecule has 1 heterocycles. The summed E-state index contributed by atoms with van der Waals surface area (Å²) in [5.41, 5.74) is -1.26. The molecule has 0 aromatic heterocycles. The lowest BCUT2D eigenvalue weighted by atomic mass is 9.53. The van der Waals surface area contributed by atoms with Gasteiger partial charge in [0.2, 0.25) is 0 Å². The van der Waals surface area contributed by atoms with E-state index in [1.165, 1.54) is 0 Å². The van der Waals surface area contributed by atoms with Gasteiger partial charge in [-0.05, 0) is 25.3 Å². The van der Waals surface area contributed by atoms with Gasteiger partial charge in [0.05, 0.1) is 24.9 Å². The predicted molar refractivity (Wildman–Crippen MR) is 71.9 cm³/mol. The van der Waals surface area contributed by atoms with Gasteiger partial charge in [0.15, 0.2) is 0 Å². The first-order valence-corrected chi connectivity index (χ1v) is 7.22. The summed E-state index contributed by atoms with van der Waals surface area (Å²) in [7, 11) is 0. The first kappa shape index (κ1) is 14.5. The number of ether oxygens (including phenoxy) is 1. The lowest BCUT2D eigenvalue weighted by Gasteiger charge is -2.52. The van der Waals surface area contributed by atoms with E-state index < -0.39 is 40.8 Å². The van der Waals surface area contributed by atoms with Crippen LogP contribution in [0.5, 0.6) is 0 Å². The highest BCUT2D eigenvalue weighted by Gasteiger charge is 2.75. The molecule has 0 bridgehead atoms. The molecule has 1 saturated carbocycles. The van der Waals surface area contributed by atoms with Crippen LogP contribution in [0.25, 0.3) is 0 Å². The Hall–Kier alpha value is -0.460. The lowest BCUT2D eigenvalue weighted by molar-refractivity contribution is -0.108. The average molecular weight is 284 g/mol. The summed E-state index contributed by atoms with van der Waals surface area (Å²) in [4.78, 5) is 0. The van der Waals surface area contributed by atoms with Crippen LogP contribution in [-0.4, -0.2) is 57.0 Å². The van der Waals surface area contributed by atoms with Gasteiger partial charge >= 0.3 is 0 Å². The molecule has 0 aromatic carbocycles. The number of rotatable bonds is 1. The van der Waals surface area contributed by atoms with Gasteiger partial charge in [-0.25, -0.2) is 0 Å². The van der Waals surface area contributed by atoms with Crippen LogP contribution in [0, 0.1) is 10.8 Å². The summed E-state index contributed by atoms with van der Waals surface area (Å²) in [5.74, 6) is 0. The van der Waals surface area contributed by atoms with Gasteiger partial charge in [-0.2, -0.15) is 0 Å². The number of hydrogen-bond acceptors (Lipinski definition) is 5. The molecule has 3 rings (SSSR count). The Morgan fingerprint density at radius 1 is 1.15 bits per heavy atom. The first-order valence-electron chi connectivity index (χ1n) is 7.22. The van der Waals surface area contributed by atoms with E-state index >= 15 is 0 Å². The van der Waals surface area contributed by atoms with Gasteiger partial charge < -0.3 is 25.2 Å². The lowest BCUT2D eigenvalue weighted by Crippen LogP contribution is -2.56. The van der Waals surface area contributed by atoms with Gasteiger partial charge in [0.1, 0.15) is 11.7 Å². The minimum absolute atomic E-state index is 0.362. The van der Waals surface area contributed by atoms with Gasteiger partial charge in [0.25, 0.3) is 0 Å². The summed E-state index contributed by atoms with van der Waals surface area (Å²) in [6, 6.07) is 0. The van der Waals surface area contributed by atoms with Crippen molar-refractivity contribution in [3.63, 3.8) is 0 Å². The fourth-order valence-corrected chi connectivity index (χ4v) is 4.40. The van der Waals surface area contributed by atoms with E-state index in [1.54, 1.807) is 13.0 Å². The summed E-state index contributed by atoms with van der Waals surface area (Å²) in [5, 5.41) is 41.1. The summed E-state index contributed by atoms with van der Waals surface area (Å²) in [6.45, 7) is 6.06. The molecule has 1 aliphatic heterocycles. The van der Waals surface area contributed by atoms with Crippen LogP contribution in [-0.2, 0) is 4.74 Å². The van der Waals surface area contributed by atoms with Crippen molar-refractivity contribution in [2.45, 2.75) is 63.6 Å². The zero-order valence-electron chi connectivity index (χ0n) is 12.2. The molecule has 0 aromatic rings. The zero-order valence-corrected chi connectivity index (χ0v) is 12.2. The van der Waals surface area contributed by atoms with Crippen LogP contribution < -0.4 is 0 Å². The van der Waals surface area contributed by atoms with E-state index in [4.69, 9.17) is 4.74 Å². The van der Waals surface area contributed by atoms with Crippen LogP contribution in [0.1, 0.15) is 33.6 Å². The third-order valence-electron chi connectivity index (χ3n) is 6.33. The van der Waals surface area contributed by atoms with Crippen molar-refractivity contribution in [3.05, 3.63) is 11.6 Å². The summed E-state index contributed by atoms with van der Waals surface area (Å²) in [6.07, 6.45) is -0.664. The highest BCUT2D eigenvalue weighted by Crippen LogP contribution is 2.66. The first-order chi connectivity index (χ1) is 9.18. The number of epoxide rings is 1. The highest BCUT2D eigenvalue weighted by atomic mass is 16.6. The third kappa shape index (κ3) is 1.50. The fraction of sp³-hybridized carbons (Fsp3) is 0.867. The molecule has 0 amide bonds. The maximum Gasteiger partial charge on any atom is 0.126 e. The van der Waals surface area contributed by atoms with E-state index in [0.717, 1.165) is 5.57 Å². The molecule has 114 valence electrons. The molecule has 1 unspecified atom stereocenters. The van der Waals surface area contributed by atoms with Crippen molar-refractivity contribution < 1.29 is 25.2 Å². The fourth-order valence-electron chi connectivity index (χ4n) is 4.40. The van der Waals surface area contributed by atoms with Gasteiger partial charge in [-0.15, -0.1) is 0 Å². The molecule has 5 nitrogen and oxygen atoms in total. The van der Waals surface area contributed by atoms with Gasteiger partial charge in [0, 0.05) is 10.8 Å². The molecule has 7 atom stereocenters. The highest BCUT2D eigenvalue weighted by molar-refractivity contribution is 5.28. The van der Waals surface area contributed by atoms with E-state index in [2.05, 4.69) is 0 Å². The van der Waals surface area contributed by atoms with Crippen LogP contribution in [0.4, 0.5) is 0 Å². The Balaban J connectivity index is 2.04. The molecule has 1 spiro atoms. The molecule has 3 aliphatic rings. The largest absolute Gasteiger partial charge is 0.390 e. The maximum atomic E-state index is 10.6. The smallest absolute Gasteiger partial charge is 0.126 e. The Bertz CT molecular complexity index is 457. The Morgan fingerprint density at radius 2 is 1.75 bits per heavy atom. The second-order valence-electron chi connectivity index (χ2n) is 7.22. The van der Waals surface area contributed by atoms with Crippen molar-refractivity contribution in [1.29, 1.82) is 0 Å². The quantitative estimate of drug-likeness (QED) is 0.401. The van der Waals surface area contributed by atoms with Crippen LogP contribution in [0.2, 0.25) is 0 Å². The molecule has 0 radical (unpaired) electrons. The number of aliphatic hydroxyl groups excluding tert-OH is 4. The minimum Gasteiger partial charge on any atom is -0.390 e. The molecular weight excluding hydrogens is 260 g/mol. The van der Waals surface area contributed by atoms with Crippen molar-refractivity contribution in [3.8, 4) is 0 Å². The monoisotopic (exact) mass is 284 g/mol. The van der Waals surface area contributed by atoms with Crippen molar-refractivity contribution in [1.82, 2.24) is 0 Å². The molecular formula is C15H24O5. The van der Waals surface area contributed by atoms with E-state index in [0.29, 0.717) is 19.4 Å². The second kappa shape index (κ2) is 4.05. The topological polar surface area (TPSA) is 93.5 Å². The van der Waals surface area contributed by atoms with Crippen LogP contribution in [0.15, 0.2) is 11.6 Å². The normalized spacial score (nSPS) is 58.9. The maximum absolute atomic E-state index is 10.6. The van der Waals surface area contributed by atoms with Crippen molar-refractivity contribution >= 4 is 0 Å². The Labute approximate surface area is 118 Å². The van der Waals surface area contributed by atoms with Crippen molar-refractivity contribution in [2.24, 2.45) is 10.8 Å². The predicted octanol–water partition coefficient (Wildman–Crippen LogP) is -0.0347. The molecule has 5 heteroatoms. The third-order valence-corrected chi connectivity index (χ3v) is 6.33. The minimum atomic E-state index is -0.930. The van der Waals surface area contributed by atoms with E-state index in [1.807, 2.05) is 13.8 Å². The van der Waals surface area contributed by atoms with Crippen LogP contribution in [0.3, 0.4) is 0 Å². The van der Waals surface area contributed by atoms with E-state index in [9.17, 15) is 20.4 Å². The van der Waals surface area contributed by atoms with Gasteiger partial charge in [-0.3, -0.25) is 0 Å². The molecule has 2 fully saturated rings. The molecule has 4 N–H and O–H groups in total. The second-order valence-corrected chi connectivity index (χ2v) is 7.22. The Morgan fingerprint density at radius 3 is 2.30 bits per heavy atom. The molecule has 2 aliphatic carbocycles. The Kier molecular flexibility index (Phi) is 2.93. The van der Waals surface area contributed by atoms with E-state index in [-0.39, 0.29) is 0 Å². The SMILES string of the molecule is CC1=C[C@H](O)[C@@](C)([C@@]2(C)C[C@@H](O)[C@@H](O)C23CO3)C[C@H]1O. The molecule has 1 saturated heterocycles. The number of aliphatic hydroxyl groups is 4. The summed E-state index contributed by atoms with van der Waals surface area (Å²) >= 11 is 0. The summed E-state index contributed by atoms with van der Waals surface area (Å²) < 4.78 is 5.56. The zero-order chi connectivity index (χ0) is 14.9. The molecule has 20 heavy (non-hydrogen) atoms. The van der Waals surface area contributed by atoms with Gasteiger partial charge in [-0.1, -0.05) is 19.9 Å².